The maximum Gasteiger partial charge on any atom is 0.0155 e. The highest BCUT2D eigenvalue weighted by Crippen LogP contribution is 2.54. The summed E-state index contributed by atoms with van der Waals surface area (Å²) in [6.07, 6.45) is 27.7. The summed E-state index contributed by atoms with van der Waals surface area (Å²) in [7, 11) is 0. The van der Waals surface area contributed by atoms with Gasteiger partial charge in [0.15, 0.2) is 0 Å². The largest absolute Gasteiger partial charge is 0.115 e. The highest BCUT2D eigenvalue weighted by Gasteiger charge is 2.40. The van der Waals surface area contributed by atoms with Gasteiger partial charge in [-0.25, -0.2) is 0 Å². The van der Waals surface area contributed by atoms with Crippen LogP contribution >= 0.6 is 0 Å². The van der Waals surface area contributed by atoms with E-state index >= 15 is 0 Å². The molecule has 0 amide bonds. The highest BCUT2D eigenvalue weighted by molar-refractivity contribution is 5.66. The van der Waals surface area contributed by atoms with Crippen molar-refractivity contribution >= 4 is 0 Å². The van der Waals surface area contributed by atoms with E-state index in [-0.39, 0.29) is 5.41 Å². The lowest BCUT2D eigenvalue weighted by atomic mass is 9.60. The van der Waals surface area contributed by atoms with E-state index in [4.69, 9.17) is 6.42 Å². The van der Waals surface area contributed by atoms with Crippen molar-refractivity contribution in [2.45, 2.75) is 73.1 Å². The number of hydrogen-bond donors (Lipinski definition) is 0. The van der Waals surface area contributed by atoms with Gasteiger partial charge >= 0.3 is 0 Å². The molecule has 0 aromatic heterocycles. The third-order valence-corrected chi connectivity index (χ3v) is 6.21. The average Bonchev–Trinajstić information content (AvgIpc) is 2.69. The lowest BCUT2D eigenvalue weighted by molar-refractivity contribution is 0.501. The fourth-order valence-electron chi connectivity index (χ4n) is 4.82. The van der Waals surface area contributed by atoms with Gasteiger partial charge in [-0.05, 0) is 85.0 Å². The summed E-state index contributed by atoms with van der Waals surface area (Å²) in [5, 5.41) is 0. The van der Waals surface area contributed by atoms with Crippen molar-refractivity contribution in [3.05, 3.63) is 82.5 Å². The minimum absolute atomic E-state index is 0.0779. The maximum absolute atomic E-state index is 5.58. The molecule has 2 aliphatic carbocycles. The Morgan fingerprint density at radius 2 is 1.97 bits per heavy atom. The molecule has 0 heterocycles. The lowest BCUT2D eigenvalue weighted by Gasteiger charge is -2.44. The molecule has 0 aromatic rings. The molecule has 0 aromatic carbocycles. The summed E-state index contributed by atoms with van der Waals surface area (Å²) in [6.45, 7) is 16.0. The van der Waals surface area contributed by atoms with Crippen molar-refractivity contribution in [2.24, 2.45) is 11.3 Å². The van der Waals surface area contributed by atoms with Crippen molar-refractivity contribution in [1.29, 1.82) is 0 Å². The second-order valence-corrected chi connectivity index (χ2v) is 8.68. The summed E-state index contributed by atoms with van der Waals surface area (Å²) < 4.78 is 0. The first-order chi connectivity index (χ1) is 13.9. The molecular formula is C29H38. The molecule has 29 heavy (non-hydrogen) atoms. The van der Waals surface area contributed by atoms with Gasteiger partial charge in [0, 0.05) is 5.41 Å². The Hall–Kier alpha value is -2.26. The topological polar surface area (TPSA) is 0 Å². The van der Waals surface area contributed by atoms with E-state index in [0.29, 0.717) is 5.92 Å². The molecule has 0 radical (unpaired) electrons. The van der Waals surface area contributed by atoms with Crippen LogP contribution in [0, 0.1) is 23.7 Å². The molecule has 2 rings (SSSR count). The van der Waals surface area contributed by atoms with Crippen LogP contribution in [-0.2, 0) is 0 Å². The smallest absolute Gasteiger partial charge is 0.0155 e. The van der Waals surface area contributed by atoms with Crippen LogP contribution in [0.25, 0.3) is 0 Å². The second-order valence-electron chi connectivity index (χ2n) is 8.68. The number of rotatable bonds is 8. The van der Waals surface area contributed by atoms with Gasteiger partial charge in [-0.1, -0.05) is 82.6 Å². The van der Waals surface area contributed by atoms with E-state index in [9.17, 15) is 0 Å². The minimum Gasteiger partial charge on any atom is -0.115 e. The van der Waals surface area contributed by atoms with Gasteiger partial charge < -0.3 is 0 Å². The number of unbranched alkanes of at least 4 members (excludes halogenated alkanes) is 1. The van der Waals surface area contributed by atoms with Gasteiger partial charge in [-0.15, -0.1) is 6.42 Å². The normalized spacial score (nSPS) is 22.0. The van der Waals surface area contributed by atoms with E-state index in [1.807, 2.05) is 6.08 Å². The molecular weight excluding hydrogens is 348 g/mol. The average molecular weight is 387 g/mol. The Balaban J connectivity index is 2.58. The molecule has 0 fully saturated rings. The standard InChI is InChI=1S/C29H38/c1-8-11-14-16-18-25-23(5)27-24(17-15-12-9-2)21-20-22(4)28(27)29(6,7)26(25)19-13-10-3/h3,12-16,19-20,24H,5,8-9,11,17-18,21H2,1-2,4,6-7H3/b15-12?,16-14-,19-13-. The zero-order chi connectivity index (χ0) is 21.4. The van der Waals surface area contributed by atoms with Gasteiger partial charge in [0.2, 0.25) is 0 Å². The number of terminal acetylenes is 1. The first-order valence-electron chi connectivity index (χ1n) is 11.2. The van der Waals surface area contributed by atoms with Crippen LogP contribution in [0.1, 0.15) is 73.1 Å². The van der Waals surface area contributed by atoms with E-state index in [0.717, 1.165) is 32.1 Å². The Labute approximate surface area is 179 Å². The quantitative estimate of drug-likeness (QED) is 0.290. The first kappa shape index (κ1) is 23.0. The molecule has 0 spiro atoms. The fraction of sp³-hybridized carbons (Fsp3) is 0.448. The summed E-state index contributed by atoms with van der Waals surface area (Å²) in [5.41, 5.74) is 8.15. The molecule has 1 unspecified atom stereocenters. The fourth-order valence-corrected chi connectivity index (χ4v) is 4.82. The van der Waals surface area contributed by atoms with E-state index in [1.54, 1.807) is 0 Å². The molecule has 0 bridgehead atoms. The van der Waals surface area contributed by atoms with Gasteiger partial charge in [0.25, 0.3) is 0 Å². The van der Waals surface area contributed by atoms with Crippen molar-refractivity contribution in [3.63, 3.8) is 0 Å². The Morgan fingerprint density at radius 3 is 2.62 bits per heavy atom. The van der Waals surface area contributed by atoms with Crippen LogP contribution in [0.4, 0.5) is 0 Å². The van der Waals surface area contributed by atoms with Crippen LogP contribution in [0.5, 0.6) is 0 Å². The first-order valence-corrected chi connectivity index (χ1v) is 11.2. The van der Waals surface area contributed by atoms with Crippen LogP contribution in [0.15, 0.2) is 82.5 Å². The molecule has 0 heteroatoms. The summed E-state index contributed by atoms with van der Waals surface area (Å²) in [5.74, 6) is 3.20. The van der Waals surface area contributed by atoms with Gasteiger partial charge in [-0.3, -0.25) is 0 Å². The van der Waals surface area contributed by atoms with E-state index in [1.165, 1.54) is 39.9 Å². The SMILES string of the molecule is C#C/C=C\C1=C(C/C=C\CCC)C(=C)C2=C(C(C)=CCC2CC=CCC)C1(C)C. The lowest BCUT2D eigenvalue weighted by Crippen LogP contribution is -2.30. The summed E-state index contributed by atoms with van der Waals surface area (Å²) in [6, 6.07) is 0. The summed E-state index contributed by atoms with van der Waals surface area (Å²) in [4.78, 5) is 0. The molecule has 0 saturated heterocycles. The van der Waals surface area contributed by atoms with Crippen molar-refractivity contribution in [1.82, 2.24) is 0 Å². The van der Waals surface area contributed by atoms with Crippen LogP contribution in [0.2, 0.25) is 0 Å². The monoisotopic (exact) mass is 386 g/mol. The zero-order valence-electron chi connectivity index (χ0n) is 19.1. The molecule has 1 atom stereocenters. The minimum atomic E-state index is -0.0779. The third-order valence-electron chi connectivity index (χ3n) is 6.21. The Bertz CT molecular complexity index is 837. The summed E-state index contributed by atoms with van der Waals surface area (Å²) >= 11 is 0. The predicted molar refractivity (Wildman–Crippen MR) is 130 cm³/mol. The predicted octanol–water partition coefficient (Wildman–Crippen LogP) is 8.43. The van der Waals surface area contributed by atoms with Gasteiger partial charge in [-0.2, -0.15) is 0 Å². The molecule has 0 aliphatic heterocycles. The van der Waals surface area contributed by atoms with Gasteiger partial charge in [0.1, 0.15) is 0 Å². The van der Waals surface area contributed by atoms with Crippen LogP contribution in [-0.4, -0.2) is 0 Å². The molecule has 2 aliphatic rings. The van der Waals surface area contributed by atoms with Crippen LogP contribution < -0.4 is 0 Å². The molecule has 154 valence electrons. The zero-order valence-corrected chi connectivity index (χ0v) is 19.1. The van der Waals surface area contributed by atoms with Crippen molar-refractivity contribution in [2.75, 3.05) is 0 Å². The van der Waals surface area contributed by atoms with E-state index in [2.05, 4.69) is 83.6 Å². The Kier molecular flexibility index (Phi) is 8.33. The third kappa shape index (κ3) is 5.02. The molecule has 0 N–H and O–H groups in total. The maximum atomic E-state index is 5.58. The number of hydrogen-bond acceptors (Lipinski definition) is 0. The highest BCUT2D eigenvalue weighted by atomic mass is 14.4. The number of allylic oxidation sites excluding steroid dienone is 13. The second kappa shape index (κ2) is 10.5. The van der Waals surface area contributed by atoms with Gasteiger partial charge in [0.05, 0.1) is 0 Å². The molecule has 0 saturated carbocycles. The van der Waals surface area contributed by atoms with Crippen molar-refractivity contribution < 1.29 is 0 Å². The molecule has 0 nitrogen and oxygen atoms in total. The van der Waals surface area contributed by atoms with Crippen LogP contribution in [0.3, 0.4) is 0 Å². The Morgan fingerprint density at radius 1 is 1.21 bits per heavy atom. The van der Waals surface area contributed by atoms with E-state index < -0.39 is 0 Å². The van der Waals surface area contributed by atoms with Crippen molar-refractivity contribution in [3.8, 4) is 12.3 Å².